The first-order valence-electron chi connectivity index (χ1n) is 2.67. The van der Waals surface area contributed by atoms with Crippen LogP contribution in [0.25, 0.3) is 0 Å². The highest BCUT2D eigenvalue weighted by Gasteiger charge is 2.00. The maximum absolute atomic E-state index is 5.59. The molecule has 50 valence electrons. The summed E-state index contributed by atoms with van der Waals surface area (Å²) in [5, 5.41) is 3.58. The van der Waals surface area contributed by atoms with Crippen LogP contribution in [-0.4, -0.2) is 13.7 Å². The second kappa shape index (κ2) is 2.78. The fraction of sp³-hybridized carbons (Fsp3) is 0.333. The van der Waals surface area contributed by atoms with Crippen molar-refractivity contribution >= 4 is 11.6 Å². The largest absolute Gasteiger partial charge is 0.499 e. The number of hydrogen-bond acceptors (Lipinski definition) is 2. The van der Waals surface area contributed by atoms with Gasteiger partial charge < -0.3 is 10.1 Å². The van der Waals surface area contributed by atoms with Gasteiger partial charge in [0.2, 0.25) is 0 Å². The lowest BCUT2D eigenvalue weighted by atomic mass is 10.3. The maximum atomic E-state index is 5.59. The smallest absolute Gasteiger partial charge is 0.115 e. The summed E-state index contributed by atoms with van der Waals surface area (Å²) in [4.78, 5) is 0. The fourth-order valence-electron chi connectivity index (χ4n) is 0.596. The quantitative estimate of drug-likeness (QED) is 0.560. The van der Waals surface area contributed by atoms with Gasteiger partial charge in [-0.3, -0.25) is 0 Å². The number of halogens is 1. The van der Waals surface area contributed by atoms with E-state index in [0.29, 0.717) is 11.7 Å². The third kappa shape index (κ3) is 1.64. The Balaban J connectivity index is 2.59. The number of hydrogen-bond donors (Lipinski definition) is 1. The van der Waals surface area contributed by atoms with Crippen LogP contribution in [0.3, 0.4) is 0 Å². The first-order valence-corrected chi connectivity index (χ1v) is 3.05. The van der Waals surface area contributed by atoms with E-state index in [1.54, 1.807) is 13.2 Å². The molecule has 1 aliphatic rings. The summed E-state index contributed by atoms with van der Waals surface area (Å²) in [6.07, 6.45) is 3.61. The van der Waals surface area contributed by atoms with E-state index >= 15 is 0 Å². The van der Waals surface area contributed by atoms with Gasteiger partial charge in [-0.1, -0.05) is 11.6 Å². The number of ether oxygens (including phenoxy) is 1. The van der Waals surface area contributed by atoms with Crippen LogP contribution in [0.5, 0.6) is 0 Å². The Kier molecular flexibility index (Phi) is 2.01. The molecule has 0 aromatic heterocycles. The first kappa shape index (κ1) is 6.49. The standard InChI is InChI=1S/C6H8ClNO/c1-9-5-2-3-6(7)8-4-5/h2-3,8H,4H2,1H3. The van der Waals surface area contributed by atoms with Crippen molar-refractivity contribution < 1.29 is 4.74 Å². The summed E-state index contributed by atoms with van der Waals surface area (Å²) < 4.78 is 4.93. The Morgan fingerprint density at radius 1 is 1.67 bits per heavy atom. The molecule has 2 nitrogen and oxygen atoms in total. The molecule has 1 N–H and O–H groups in total. The third-order valence-corrected chi connectivity index (χ3v) is 1.37. The molecule has 0 aromatic carbocycles. The summed E-state index contributed by atoms with van der Waals surface area (Å²) in [6.45, 7) is 0.686. The number of rotatable bonds is 1. The van der Waals surface area contributed by atoms with Gasteiger partial charge in [0.15, 0.2) is 0 Å². The van der Waals surface area contributed by atoms with Crippen LogP contribution in [0.2, 0.25) is 0 Å². The third-order valence-electron chi connectivity index (χ3n) is 1.11. The minimum Gasteiger partial charge on any atom is -0.499 e. The number of nitrogens with one attached hydrogen (secondary N) is 1. The van der Waals surface area contributed by atoms with E-state index < -0.39 is 0 Å². The molecule has 1 aliphatic heterocycles. The van der Waals surface area contributed by atoms with Crippen LogP contribution in [0.4, 0.5) is 0 Å². The van der Waals surface area contributed by atoms with Crippen LogP contribution < -0.4 is 5.32 Å². The van der Waals surface area contributed by atoms with Gasteiger partial charge in [-0.25, -0.2) is 0 Å². The molecule has 0 saturated heterocycles. The van der Waals surface area contributed by atoms with Crippen LogP contribution in [-0.2, 0) is 4.74 Å². The molecule has 9 heavy (non-hydrogen) atoms. The minimum absolute atomic E-state index is 0.663. The minimum atomic E-state index is 0.663. The van der Waals surface area contributed by atoms with Gasteiger partial charge in [-0.05, 0) is 12.2 Å². The number of allylic oxidation sites excluding steroid dienone is 2. The summed E-state index contributed by atoms with van der Waals surface area (Å²) in [5.74, 6) is 0.902. The molecule has 1 rings (SSSR count). The fourth-order valence-corrected chi connectivity index (χ4v) is 0.726. The average Bonchev–Trinajstić information content (AvgIpc) is 1.90. The molecule has 0 saturated carbocycles. The molecule has 3 heteroatoms. The molecule has 0 amide bonds. The number of methoxy groups -OCH3 is 1. The van der Waals surface area contributed by atoms with E-state index in [0.717, 1.165) is 5.76 Å². The van der Waals surface area contributed by atoms with Gasteiger partial charge in [0.25, 0.3) is 0 Å². The van der Waals surface area contributed by atoms with Crippen molar-refractivity contribution in [3.8, 4) is 0 Å². The summed E-state index contributed by atoms with van der Waals surface area (Å²) in [7, 11) is 1.64. The van der Waals surface area contributed by atoms with Crippen molar-refractivity contribution in [3.05, 3.63) is 23.1 Å². The lowest BCUT2D eigenvalue weighted by Gasteiger charge is -2.10. The van der Waals surface area contributed by atoms with E-state index in [1.165, 1.54) is 0 Å². The van der Waals surface area contributed by atoms with Crippen LogP contribution in [0, 0.1) is 0 Å². The molecule has 1 heterocycles. The first-order chi connectivity index (χ1) is 4.33. The Hall–Kier alpha value is -0.630. The highest BCUT2D eigenvalue weighted by atomic mass is 35.5. The zero-order chi connectivity index (χ0) is 6.69. The summed E-state index contributed by atoms with van der Waals surface area (Å²) >= 11 is 5.59. The van der Waals surface area contributed by atoms with E-state index in [9.17, 15) is 0 Å². The second-order valence-electron chi connectivity index (χ2n) is 1.71. The Morgan fingerprint density at radius 3 is 2.89 bits per heavy atom. The highest BCUT2D eigenvalue weighted by molar-refractivity contribution is 6.29. The monoisotopic (exact) mass is 145 g/mol. The molecule has 0 bridgehead atoms. The second-order valence-corrected chi connectivity index (χ2v) is 2.11. The van der Waals surface area contributed by atoms with E-state index in [-0.39, 0.29) is 0 Å². The van der Waals surface area contributed by atoms with Crippen molar-refractivity contribution in [2.45, 2.75) is 0 Å². The Bertz CT molecular complexity index is 162. The predicted octanol–water partition coefficient (Wildman–Crippen LogP) is 1.20. The maximum Gasteiger partial charge on any atom is 0.115 e. The van der Waals surface area contributed by atoms with Crippen molar-refractivity contribution in [2.75, 3.05) is 13.7 Å². The molecule has 0 spiro atoms. The lowest BCUT2D eigenvalue weighted by molar-refractivity contribution is 0.281. The van der Waals surface area contributed by atoms with Crippen molar-refractivity contribution in [3.63, 3.8) is 0 Å². The van der Waals surface area contributed by atoms with Gasteiger partial charge in [-0.2, -0.15) is 0 Å². The molecule has 0 atom stereocenters. The van der Waals surface area contributed by atoms with Gasteiger partial charge in [0.1, 0.15) is 10.9 Å². The summed E-state index contributed by atoms with van der Waals surface area (Å²) in [5.41, 5.74) is 0. The molecule has 0 radical (unpaired) electrons. The van der Waals surface area contributed by atoms with Crippen molar-refractivity contribution in [1.82, 2.24) is 5.32 Å². The topological polar surface area (TPSA) is 21.3 Å². The zero-order valence-corrected chi connectivity index (χ0v) is 5.90. The van der Waals surface area contributed by atoms with Crippen molar-refractivity contribution in [1.29, 1.82) is 0 Å². The van der Waals surface area contributed by atoms with Crippen LogP contribution in [0.15, 0.2) is 23.1 Å². The zero-order valence-electron chi connectivity index (χ0n) is 5.15. The Morgan fingerprint density at radius 2 is 2.44 bits per heavy atom. The predicted molar refractivity (Wildman–Crippen MR) is 37.0 cm³/mol. The van der Waals surface area contributed by atoms with E-state index in [1.807, 2.05) is 6.08 Å². The number of dihydropyridines is 1. The van der Waals surface area contributed by atoms with Crippen LogP contribution in [0.1, 0.15) is 0 Å². The molecule has 0 aliphatic carbocycles. The molecule has 0 fully saturated rings. The van der Waals surface area contributed by atoms with E-state index in [2.05, 4.69) is 5.32 Å². The molecular weight excluding hydrogens is 138 g/mol. The summed E-state index contributed by atoms with van der Waals surface area (Å²) in [6, 6.07) is 0. The SMILES string of the molecule is COC1=CC=C(Cl)NC1. The van der Waals surface area contributed by atoms with Crippen LogP contribution >= 0.6 is 11.6 Å². The van der Waals surface area contributed by atoms with Gasteiger partial charge >= 0.3 is 0 Å². The highest BCUT2D eigenvalue weighted by Crippen LogP contribution is 2.06. The van der Waals surface area contributed by atoms with Crippen molar-refractivity contribution in [2.24, 2.45) is 0 Å². The lowest BCUT2D eigenvalue weighted by Crippen LogP contribution is -2.17. The molecule has 0 aromatic rings. The average molecular weight is 146 g/mol. The van der Waals surface area contributed by atoms with Gasteiger partial charge in [-0.15, -0.1) is 0 Å². The molecule has 0 unspecified atom stereocenters. The normalized spacial score (nSPS) is 17.6. The van der Waals surface area contributed by atoms with Gasteiger partial charge in [0, 0.05) is 0 Å². The Labute approximate surface area is 59.1 Å². The van der Waals surface area contributed by atoms with Gasteiger partial charge in [0.05, 0.1) is 13.7 Å². The molecular formula is C6H8ClNO. The van der Waals surface area contributed by atoms with E-state index in [4.69, 9.17) is 16.3 Å².